The third-order valence-corrected chi connectivity index (χ3v) is 6.08. The monoisotopic (exact) mass is 280 g/mol. The van der Waals surface area contributed by atoms with E-state index in [4.69, 9.17) is 5.73 Å². The molecule has 2 fully saturated rings. The van der Waals surface area contributed by atoms with Crippen molar-refractivity contribution in [2.75, 3.05) is 5.73 Å². The van der Waals surface area contributed by atoms with E-state index in [9.17, 15) is 8.42 Å². The number of nitrogens with two attached hydrogens (primary N) is 1. The predicted octanol–water partition coefficient (Wildman–Crippen LogP) is 2.04. The van der Waals surface area contributed by atoms with Gasteiger partial charge in [-0.1, -0.05) is 6.42 Å². The molecule has 3 rings (SSSR count). The van der Waals surface area contributed by atoms with Gasteiger partial charge in [0.1, 0.15) is 0 Å². The lowest BCUT2D eigenvalue weighted by atomic mass is 9.96. The molecule has 2 saturated carbocycles. The summed E-state index contributed by atoms with van der Waals surface area (Å²) in [5, 5.41) is 0. The number of anilines is 1. The van der Waals surface area contributed by atoms with Crippen LogP contribution in [0.3, 0.4) is 0 Å². The molecule has 3 N–H and O–H groups in total. The largest absolute Gasteiger partial charge is 0.399 e. The second-order valence-electron chi connectivity index (χ2n) is 5.92. The van der Waals surface area contributed by atoms with Crippen LogP contribution in [-0.2, 0) is 10.0 Å². The van der Waals surface area contributed by atoms with E-state index in [0.29, 0.717) is 16.5 Å². The SMILES string of the molecule is Cc1cc(S(=O)(=O)NC2CC3CCC2C3)ccc1N. The quantitative estimate of drug-likeness (QED) is 0.832. The summed E-state index contributed by atoms with van der Waals surface area (Å²) < 4.78 is 27.6. The molecule has 2 aliphatic carbocycles. The fraction of sp³-hybridized carbons (Fsp3) is 0.571. The van der Waals surface area contributed by atoms with Crippen molar-refractivity contribution in [3.63, 3.8) is 0 Å². The summed E-state index contributed by atoms with van der Waals surface area (Å²) in [6, 6.07) is 5.01. The number of rotatable bonds is 3. The van der Waals surface area contributed by atoms with Gasteiger partial charge in [0, 0.05) is 11.7 Å². The molecule has 1 aromatic rings. The number of nitrogen functional groups attached to an aromatic ring is 1. The molecule has 0 saturated heterocycles. The average Bonchev–Trinajstić information content (AvgIpc) is 2.94. The van der Waals surface area contributed by atoms with Crippen LogP contribution in [0.15, 0.2) is 23.1 Å². The summed E-state index contributed by atoms with van der Waals surface area (Å²) >= 11 is 0. The van der Waals surface area contributed by atoms with E-state index in [-0.39, 0.29) is 6.04 Å². The molecule has 0 heterocycles. The van der Waals surface area contributed by atoms with Gasteiger partial charge in [0.2, 0.25) is 10.0 Å². The number of fused-ring (bicyclic) bond motifs is 2. The van der Waals surface area contributed by atoms with Crippen molar-refractivity contribution in [3.8, 4) is 0 Å². The molecule has 0 spiro atoms. The van der Waals surface area contributed by atoms with Crippen LogP contribution in [0, 0.1) is 18.8 Å². The number of aryl methyl sites for hydroxylation is 1. The summed E-state index contributed by atoms with van der Waals surface area (Å²) in [6.45, 7) is 1.83. The molecule has 4 nitrogen and oxygen atoms in total. The molecule has 2 bridgehead atoms. The molecule has 19 heavy (non-hydrogen) atoms. The summed E-state index contributed by atoms with van der Waals surface area (Å²) in [6.07, 6.45) is 4.62. The minimum Gasteiger partial charge on any atom is -0.399 e. The van der Waals surface area contributed by atoms with Gasteiger partial charge in [-0.2, -0.15) is 0 Å². The predicted molar refractivity (Wildman–Crippen MR) is 75.1 cm³/mol. The van der Waals surface area contributed by atoms with Crippen LogP contribution < -0.4 is 10.5 Å². The first-order valence-corrected chi connectivity index (χ1v) is 8.32. The van der Waals surface area contributed by atoms with Crippen LogP contribution in [0.4, 0.5) is 5.69 Å². The molecular formula is C14H20N2O2S. The van der Waals surface area contributed by atoms with Crippen molar-refractivity contribution in [2.45, 2.75) is 43.5 Å². The van der Waals surface area contributed by atoms with E-state index < -0.39 is 10.0 Å². The molecule has 0 aliphatic heterocycles. The first-order valence-electron chi connectivity index (χ1n) is 6.84. The van der Waals surface area contributed by atoms with Crippen molar-refractivity contribution < 1.29 is 8.42 Å². The van der Waals surface area contributed by atoms with Gasteiger partial charge < -0.3 is 5.73 Å². The Morgan fingerprint density at radius 2 is 2.05 bits per heavy atom. The number of hydrogen-bond donors (Lipinski definition) is 2. The van der Waals surface area contributed by atoms with Crippen LogP contribution in [0.5, 0.6) is 0 Å². The van der Waals surface area contributed by atoms with Crippen molar-refractivity contribution in [2.24, 2.45) is 11.8 Å². The Morgan fingerprint density at radius 3 is 2.63 bits per heavy atom. The van der Waals surface area contributed by atoms with Gasteiger partial charge in [-0.15, -0.1) is 0 Å². The minimum atomic E-state index is -3.41. The molecule has 3 unspecified atom stereocenters. The van der Waals surface area contributed by atoms with Gasteiger partial charge in [0.15, 0.2) is 0 Å². The van der Waals surface area contributed by atoms with E-state index in [2.05, 4.69) is 4.72 Å². The molecule has 2 aliphatic rings. The lowest BCUT2D eigenvalue weighted by Crippen LogP contribution is -2.38. The van der Waals surface area contributed by atoms with Crippen molar-refractivity contribution >= 4 is 15.7 Å². The molecular weight excluding hydrogens is 260 g/mol. The number of hydrogen-bond acceptors (Lipinski definition) is 3. The van der Waals surface area contributed by atoms with Crippen molar-refractivity contribution in [3.05, 3.63) is 23.8 Å². The number of benzene rings is 1. The second-order valence-corrected chi connectivity index (χ2v) is 7.64. The first-order chi connectivity index (χ1) is 8.95. The van der Waals surface area contributed by atoms with Gasteiger partial charge in [0.25, 0.3) is 0 Å². The van der Waals surface area contributed by atoms with Gasteiger partial charge in [-0.3, -0.25) is 0 Å². The lowest BCUT2D eigenvalue weighted by molar-refractivity contribution is 0.390. The Kier molecular flexibility index (Phi) is 3.06. The van der Waals surface area contributed by atoms with Gasteiger partial charge in [0.05, 0.1) is 4.90 Å². The van der Waals surface area contributed by atoms with Gasteiger partial charge in [-0.25, -0.2) is 13.1 Å². The third-order valence-electron chi connectivity index (χ3n) is 4.60. The topological polar surface area (TPSA) is 72.2 Å². The highest BCUT2D eigenvalue weighted by atomic mass is 32.2. The van der Waals surface area contributed by atoms with E-state index >= 15 is 0 Å². The van der Waals surface area contributed by atoms with Gasteiger partial charge in [-0.05, 0) is 61.8 Å². The van der Waals surface area contributed by atoms with E-state index in [1.54, 1.807) is 18.2 Å². The summed E-state index contributed by atoms with van der Waals surface area (Å²) in [4.78, 5) is 0.321. The molecule has 3 atom stereocenters. The maximum Gasteiger partial charge on any atom is 0.240 e. The van der Waals surface area contributed by atoms with Crippen LogP contribution in [0.2, 0.25) is 0 Å². The Labute approximate surface area is 114 Å². The van der Waals surface area contributed by atoms with Crippen LogP contribution in [-0.4, -0.2) is 14.5 Å². The third kappa shape index (κ3) is 2.37. The Balaban J connectivity index is 1.80. The smallest absolute Gasteiger partial charge is 0.240 e. The summed E-state index contributed by atoms with van der Waals surface area (Å²) in [5.74, 6) is 1.26. The summed E-state index contributed by atoms with van der Waals surface area (Å²) in [5.41, 5.74) is 7.16. The number of sulfonamides is 1. The Bertz CT molecular complexity index is 597. The molecule has 104 valence electrons. The van der Waals surface area contributed by atoms with Crippen LogP contribution in [0.25, 0.3) is 0 Å². The highest BCUT2D eigenvalue weighted by molar-refractivity contribution is 7.89. The second kappa shape index (κ2) is 4.49. The average molecular weight is 280 g/mol. The highest BCUT2D eigenvalue weighted by Gasteiger charge is 2.41. The molecule has 1 aromatic carbocycles. The van der Waals surface area contributed by atoms with E-state index in [1.165, 1.54) is 19.3 Å². The van der Waals surface area contributed by atoms with E-state index in [1.807, 2.05) is 6.92 Å². The minimum absolute atomic E-state index is 0.126. The highest BCUT2D eigenvalue weighted by Crippen LogP contribution is 2.44. The molecule has 5 heteroatoms. The molecule has 0 aromatic heterocycles. The van der Waals surface area contributed by atoms with Crippen LogP contribution in [0.1, 0.15) is 31.2 Å². The lowest BCUT2D eigenvalue weighted by Gasteiger charge is -2.22. The van der Waals surface area contributed by atoms with Crippen LogP contribution >= 0.6 is 0 Å². The van der Waals surface area contributed by atoms with Crippen molar-refractivity contribution in [1.82, 2.24) is 4.72 Å². The normalized spacial score (nSPS) is 29.8. The maximum atomic E-state index is 12.4. The zero-order chi connectivity index (χ0) is 13.6. The first kappa shape index (κ1) is 12.9. The van der Waals surface area contributed by atoms with E-state index in [0.717, 1.165) is 17.9 Å². The van der Waals surface area contributed by atoms with Crippen molar-refractivity contribution in [1.29, 1.82) is 0 Å². The fourth-order valence-corrected chi connectivity index (χ4v) is 4.87. The molecule has 0 radical (unpaired) electrons. The number of nitrogens with one attached hydrogen (secondary N) is 1. The Morgan fingerprint density at radius 1 is 1.26 bits per heavy atom. The standard InChI is InChI=1S/C14H20N2O2S/c1-9-6-12(4-5-13(9)15)19(17,18)16-14-8-10-2-3-11(14)7-10/h4-6,10-11,14,16H,2-3,7-8,15H2,1H3. The maximum absolute atomic E-state index is 12.4. The Hall–Kier alpha value is -1.07. The van der Waals surface area contributed by atoms with Gasteiger partial charge >= 0.3 is 0 Å². The summed E-state index contributed by atoms with van der Waals surface area (Å²) in [7, 11) is -3.41. The zero-order valence-corrected chi connectivity index (χ0v) is 11.9. The zero-order valence-electron chi connectivity index (χ0n) is 11.1. The molecule has 0 amide bonds. The fourth-order valence-electron chi connectivity index (χ4n) is 3.47.